The van der Waals surface area contributed by atoms with Gasteiger partial charge in [-0.2, -0.15) is 0 Å². The quantitative estimate of drug-likeness (QED) is 0.916. The van der Waals surface area contributed by atoms with Crippen molar-refractivity contribution in [1.29, 1.82) is 0 Å². The predicted molar refractivity (Wildman–Crippen MR) is 83.4 cm³/mol. The van der Waals surface area contributed by atoms with Gasteiger partial charge in [-0.05, 0) is 11.1 Å². The number of hydrogen-bond acceptors (Lipinski definition) is 3. The topological polar surface area (TPSA) is 57.6 Å². The van der Waals surface area contributed by atoms with Gasteiger partial charge in [-0.25, -0.2) is 12.7 Å². The second kappa shape index (κ2) is 5.97. The molecule has 112 valence electrons. The summed E-state index contributed by atoms with van der Waals surface area (Å²) in [6.07, 6.45) is 0. The van der Waals surface area contributed by atoms with Crippen LogP contribution < -0.4 is 0 Å². The van der Waals surface area contributed by atoms with Gasteiger partial charge < -0.3 is 5.11 Å². The Bertz CT molecular complexity index is 642. The zero-order chi connectivity index (χ0) is 15.5. The molecular formula is C16H19NO3S. The third kappa shape index (κ3) is 3.32. The monoisotopic (exact) mass is 305 g/mol. The fourth-order valence-electron chi connectivity index (χ4n) is 2.15. The molecule has 0 aromatic heterocycles. The van der Waals surface area contributed by atoms with E-state index in [1.165, 1.54) is 14.1 Å². The zero-order valence-electron chi connectivity index (χ0n) is 12.1. The Kier molecular flexibility index (Phi) is 4.46. The Hall–Kier alpha value is -1.69. The fraction of sp³-hybridized carbons (Fsp3) is 0.250. The number of rotatable bonds is 5. The van der Waals surface area contributed by atoms with E-state index in [1.54, 1.807) is 48.5 Å². The van der Waals surface area contributed by atoms with Crippen molar-refractivity contribution < 1.29 is 13.5 Å². The molecule has 0 heterocycles. The zero-order valence-corrected chi connectivity index (χ0v) is 12.9. The van der Waals surface area contributed by atoms with Crippen LogP contribution in [0.1, 0.15) is 11.1 Å². The fourth-order valence-corrected chi connectivity index (χ4v) is 3.27. The highest BCUT2D eigenvalue weighted by Gasteiger charge is 2.37. The minimum absolute atomic E-state index is 0.402. The van der Waals surface area contributed by atoms with E-state index in [1.807, 2.05) is 12.1 Å². The molecule has 21 heavy (non-hydrogen) atoms. The third-order valence-electron chi connectivity index (χ3n) is 3.45. The van der Waals surface area contributed by atoms with Gasteiger partial charge in [-0.15, -0.1) is 0 Å². The Morgan fingerprint density at radius 3 is 1.62 bits per heavy atom. The van der Waals surface area contributed by atoms with Crippen LogP contribution in [-0.4, -0.2) is 37.7 Å². The SMILES string of the molecule is CN(C)S(=O)(=O)CC(O)(c1ccccc1)c1ccccc1. The highest BCUT2D eigenvalue weighted by atomic mass is 32.2. The number of nitrogens with zero attached hydrogens (tertiary/aromatic N) is 1. The average Bonchev–Trinajstić information content (AvgIpc) is 2.48. The summed E-state index contributed by atoms with van der Waals surface area (Å²) < 4.78 is 25.6. The van der Waals surface area contributed by atoms with Crippen molar-refractivity contribution in [3.63, 3.8) is 0 Å². The van der Waals surface area contributed by atoms with Crippen molar-refractivity contribution in [3.05, 3.63) is 71.8 Å². The van der Waals surface area contributed by atoms with E-state index in [4.69, 9.17) is 0 Å². The molecule has 0 atom stereocenters. The predicted octanol–water partition coefficient (Wildman–Crippen LogP) is 1.81. The van der Waals surface area contributed by atoms with Gasteiger partial charge in [0.25, 0.3) is 0 Å². The lowest BCUT2D eigenvalue weighted by Gasteiger charge is -2.30. The molecular weight excluding hydrogens is 286 g/mol. The van der Waals surface area contributed by atoms with Crippen LogP contribution in [0.3, 0.4) is 0 Å². The van der Waals surface area contributed by atoms with Crippen molar-refractivity contribution in [1.82, 2.24) is 4.31 Å². The summed E-state index contributed by atoms with van der Waals surface area (Å²) in [6.45, 7) is 0. The van der Waals surface area contributed by atoms with Crippen LogP contribution in [0.4, 0.5) is 0 Å². The molecule has 2 aromatic carbocycles. The first-order valence-corrected chi connectivity index (χ1v) is 8.21. The Labute approximate surface area is 125 Å². The van der Waals surface area contributed by atoms with Crippen LogP contribution in [0.2, 0.25) is 0 Å². The molecule has 0 amide bonds. The van der Waals surface area contributed by atoms with E-state index < -0.39 is 21.4 Å². The summed E-state index contributed by atoms with van der Waals surface area (Å²) in [5, 5.41) is 11.1. The number of hydrogen-bond donors (Lipinski definition) is 1. The van der Waals surface area contributed by atoms with Gasteiger partial charge in [-0.1, -0.05) is 60.7 Å². The first-order valence-electron chi connectivity index (χ1n) is 6.60. The van der Waals surface area contributed by atoms with Crippen molar-refractivity contribution in [2.45, 2.75) is 5.60 Å². The summed E-state index contributed by atoms with van der Waals surface area (Å²) >= 11 is 0. The normalized spacial score (nSPS) is 12.6. The highest BCUT2D eigenvalue weighted by Crippen LogP contribution is 2.31. The van der Waals surface area contributed by atoms with Gasteiger partial charge in [0.1, 0.15) is 11.4 Å². The summed E-state index contributed by atoms with van der Waals surface area (Å²) in [6, 6.07) is 17.7. The second-order valence-electron chi connectivity index (χ2n) is 5.13. The smallest absolute Gasteiger partial charge is 0.217 e. The molecule has 0 unspecified atom stereocenters. The summed E-state index contributed by atoms with van der Waals surface area (Å²) in [7, 11) is -0.641. The first kappa shape index (κ1) is 15.7. The van der Waals surface area contributed by atoms with Gasteiger partial charge in [0.05, 0.1) is 0 Å². The van der Waals surface area contributed by atoms with Crippen molar-refractivity contribution >= 4 is 10.0 Å². The van der Waals surface area contributed by atoms with Crippen LogP contribution in [0.5, 0.6) is 0 Å². The van der Waals surface area contributed by atoms with Crippen LogP contribution in [0.25, 0.3) is 0 Å². The van der Waals surface area contributed by atoms with E-state index >= 15 is 0 Å². The number of aliphatic hydroxyl groups is 1. The molecule has 0 bridgehead atoms. The highest BCUT2D eigenvalue weighted by molar-refractivity contribution is 7.89. The molecule has 4 nitrogen and oxygen atoms in total. The van der Waals surface area contributed by atoms with E-state index in [0.717, 1.165) is 4.31 Å². The molecule has 2 rings (SSSR count). The van der Waals surface area contributed by atoms with Gasteiger partial charge in [-0.3, -0.25) is 0 Å². The largest absolute Gasteiger partial charge is 0.379 e. The van der Waals surface area contributed by atoms with Gasteiger partial charge in [0.2, 0.25) is 10.0 Å². The Balaban J connectivity index is 2.56. The standard InChI is InChI=1S/C16H19NO3S/c1-17(2)21(19,20)13-16(18,14-9-5-3-6-10-14)15-11-7-4-8-12-15/h3-12,18H,13H2,1-2H3. The lowest BCUT2D eigenvalue weighted by atomic mass is 9.88. The van der Waals surface area contributed by atoms with Crippen LogP contribution in [0, 0.1) is 0 Å². The van der Waals surface area contributed by atoms with Crippen molar-refractivity contribution in [3.8, 4) is 0 Å². The van der Waals surface area contributed by atoms with E-state index in [-0.39, 0.29) is 0 Å². The molecule has 0 saturated carbocycles. The third-order valence-corrected chi connectivity index (χ3v) is 5.35. The maximum Gasteiger partial charge on any atom is 0.217 e. The number of sulfonamides is 1. The maximum absolute atomic E-state index is 12.3. The van der Waals surface area contributed by atoms with E-state index in [9.17, 15) is 13.5 Å². The molecule has 2 aromatic rings. The Morgan fingerprint density at radius 1 is 0.905 bits per heavy atom. The lowest BCUT2D eigenvalue weighted by Crippen LogP contribution is -2.40. The van der Waals surface area contributed by atoms with Gasteiger partial charge in [0.15, 0.2) is 0 Å². The molecule has 5 heteroatoms. The lowest BCUT2D eigenvalue weighted by molar-refractivity contribution is 0.104. The molecule has 0 saturated heterocycles. The summed E-state index contributed by atoms with van der Waals surface area (Å²) in [5.74, 6) is -0.402. The van der Waals surface area contributed by atoms with Gasteiger partial charge >= 0.3 is 0 Å². The minimum Gasteiger partial charge on any atom is -0.379 e. The first-order chi connectivity index (χ1) is 9.86. The molecule has 0 aliphatic heterocycles. The second-order valence-corrected chi connectivity index (χ2v) is 7.31. The van der Waals surface area contributed by atoms with Crippen molar-refractivity contribution in [2.75, 3.05) is 19.8 Å². The van der Waals surface area contributed by atoms with Crippen LogP contribution in [0.15, 0.2) is 60.7 Å². The average molecular weight is 305 g/mol. The molecule has 0 aliphatic rings. The van der Waals surface area contributed by atoms with Crippen molar-refractivity contribution in [2.24, 2.45) is 0 Å². The summed E-state index contributed by atoms with van der Waals surface area (Å²) in [5.41, 5.74) is -0.464. The number of benzene rings is 2. The molecule has 0 aliphatic carbocycles. The maximum atomic E-state index is 12.3. The molecule has 0 fully saturated rings. The van der Waals surface area contributed by atoms with E-state index in [2.05, 4.69) is 0 Å². The summed E-state index contributed by atoms with van der Waals surface area (Å²) in [4.78, 5) is 0. The van der Waals surface area contributed by atoms with Gasteiger partial charge in [0, 0.05) is 14.1 Å². The molecule has 0 radical (unpaired) electrons. The molecule has 0 spiro atoms. The van der Waals surface area contributed by atoms with Crippen LogP contribution >= 0.6 is 0 Å². The molecule has 1 N–H and O–H groups in total. The van der Waals surface area contributed by atoms with E-state index in [0.29, 0.717) is 11.1 Å². The minimum atomic E-state index is -3.57. The Morgan fingerprint density at radius 2 is 1.29 bits per heavy atom. The van der Waals surface area contributed by atoms with Crippen LogP contribution in [-0.2, 0) is 15.6 Å².